The van der Waals surface area contributed by atoms with Crippen LogP contribution in [0.5, 0.6) is 5.75 Å². The molecular formula is C15H16NO6P. The lowest BCUT2D eigenvalue weighted by Gasteiger charge is -2.21. The lowest BCUT2D eigenvalue weighted by Crippen LogP contribution is -2.32. The summed E-state index contributed by atoms with van der Waals surface area (Å²) in [5.41, 5.74) is 0.713. The summed E-state index contributed by atoms with van der Waals surface area (Å²) in [7, 11) is -4.60. The average molecular weight is 337 g/mol. The molecule has 1 aliphatic carbocycles. The summed E-state index contributed by atoms with van der Waals surface area (Å²) in [6.07, 6.45) is 4.24. The molecule has 1 aromatic carbocycles. The molecule has 1 unspecified atom stereocenters. The molecule has 0 amide bonds. The van der Waals surface area contributed by atoms with Gasteiger partial charge in [0.05, 0.1) is 0 Å². The van der Waals surface area contributed by atoms with Crippen molar-refractivity contribution in [3.63, 3.8) is 0 Å². The van der Waals surface area contributed by atoms with E-state index in [0.717, 1.165) is 5.56 Å². The predicted octanol–water partition coefficient (Wildman–Crippen LogP) is 1.22. The summed E-state index contributed by atoms with van der Waals surface area (Å²) in [4.78, 5) is 42.2. The maximum atomic E-state index is 12.3. The third-order valence-electron chi connectivity index (χ3n) is 3.32. The first-order chi connectivity index (χ1) is 10.8. The van der Waals surface area contributed by atoms with Crippen LogP contribution in [-0.2, 0) is 20.6 Å². The number of aryl methyl sites for hydroxylation is 1. The zero-order valence-corrected chi connectivity index (χ0v) is 12.9. The van der Waals surface area contributed by atoms with Crippen LogP contribution in [0, 0.1) is 5.92 Å². The van der Waals surface area contributed by atoms with Crippen molar-refractivity contribution in [3.8, 4) is 5.75 Å². The molecule has 122 valence electrons. The topological polar surface area (TPSA) is 124 Å². The lowest BCUT2D eigenvalue weighted by molar-refractivity contribution is -0.128. The summed E-state index contributed by atoms with van der Waals surface area (Å²) < 4.78 is 11.1. The number of benzene rings is 1. The van der Waals surface area contributed by atoms with Crippen LogP contribution in [-0.4, -0.2) is 26.5 Å². The SMILES string of the molecule is O=C1C=CC=C(NP(=O)(O)O)C1C(=O)CCc1ccc(O)cc1. The van der Waals surface area contributed by atoms with Gasteiger partial charge in [0.15, 0.2) is 5.78 Å². The number of phenols is 1. The summed E-state index contributed by atoms with van der Waals surface area (Å²) in [5, 5.41) is 11.1. The monoisotopic (exact) mass is 337 g/mol. The van der Waals surface area contributed by atoms with Crippen molar-refractivity contribution < 1.29 is 29.0 Å². The van der Waals surface area contributed by atoms with Crippen LogP contribution in [0.2, 0.25) is 0 Å². The van der Waals surface area contributed by atoms with Gasteiger partial charge in [-0.05, 0) is 36.3 Å². The normalized spacial score (nSPS) is 17.7. The van der Waals surface area contributed by atoms with Gasteiger partial charge in [-0.2, -0.15) is 0 Å². The largest absolute Gasteiger partial charge is 0.508 e. The minimum Gasteiger partial charge on any atom is -0.508 e. The van der Waals surface area contributed by atoms with E-state index in [4.69, 9.17) is 9.79 Å². The second-order valence-electron chi connectivity index (χ2n) is 5.11. The number of Topliss-reactive ketones (excluding diaryl/α,β-unsaturated/α-hetero) is 1. The van der Waals surface area contributed by atoms with E-state index in [1.165, 1.54) is 30.4 Å². The predicted molar refractivity (Wildman–Crippen MR) is 82.3 cm³/mol. The summed E-state index contributed by atoms with van der Waals surface area (Å²) in [5.74, 6) is -2.06. The lowest BCUT2D eigenvalue weighted by atomic mass is 9.89. The second kappa shape index (κ2) is 6.91. The van der Waals surface area contributed by atoms with Gasteiger partial charge in [0.25, 0.3) is 0 Å². The Balaban J connectivity index is 2.07. The number of carbonyl (C=O) groups excluding carboxylic acids is 2. The summed E-state index contributed by atoms with van der Waals surface area (Å²) in [6, 6.07) is 6.32. The van der Waals surface area contributed by atoms with Gasteiger partial charge in [-0.25, -0.2) is 4.57 Å². The van der Waals surface area contributed by atoms with Crippen LogP contribution >= 0.6 is 7.75 Å². The van der Waals surface area contributed by atoms with Crippen LogP contribution in [0.15, 0.2) is 48.2 Å². The molecule has 1 aliphatic rings. The number of aromatic hydroxyl groups is 1. The van der Waals surface area contributed by atoms with Crippen molar-refractivity contribution >= 4 is 19.3 Å². The van der Waals surface area contributed by atoms with Gasteiger partial charge in [0, 0.05) is 12.1 Å². The van der Waals surface area contributed by atoms with E-state index in [1.807, 2.05) is 5.09 Å². The molecule has 0 spiro atoms. The molecule has 0 aliphatic heterocycles. The van der Waals surface area contributed by atoms with Crippen molar-refractivity contribution in [3.05, 3.63) is 53.8 Å². The zero-order valence-electron chi connectivity index (χ0n) is 12.0. The molecule has 4 N–H and O–H groups in total. The Bertz CT molecular complexity index is 716. The second-order valence-corrected chi connectivity index (χ2v) is 6.42. The van der Waals surface area contributed by atoms with E-state index in [-0.39, 0.29) is 17.9 Å². The Labute approximate surface area is 132 Å². The van der Waals surface area contributed by atoms with Gasteiger partial charge in [-0.1, -0.05) is 18.2 Å². The number of rotatable bonds is 6. The van der Waals surface area contributed by atoms with Gasteiger partial charge in [0.1, 0.15) is 17.5 Å². The Morgan fingerprint density at radius 3 is 2.48 bits per heavy atom. The Kier molecular flexibility index (Phi) is 5.15. The summed E-state index contributed by atoms with van der Waals surface area (Å²) in [6.45, 7) is 0. The maximum Gasteiger partial charge on any atom is 0.427 e. The third kappa shape index (κ3) is 4.89. The molecular weight excluding hydrogens is 321 g/mol. The molecule has 0 saturated carbocycles. The molecule has 0 heterocycles. The van der Waals surface area contributed by atoms with Gasteiger partial charge >= 0.3 is 7.75 Å². The van der Waals surface area contributed by atoms with E-state index in [2.05, 4.69) is 0 Å². The molecule has 0 radical (unpaired) electrons. The minimum atomic E-state index is -4.60. The highest BCUT2D eigenvalue weighted by molar-refractivity contribution is 7.49. The minimum absolute atomic E-state index is 0.0369. The molecule has 0 aromatic heterocycles. The fraction of sp³-hybridized carbons (Fsp3) is 0.200. The first-order valence-corrected chi connectivity index (χ1v) is 8.44. The molecule has 8 heteroatoms. The molecule has 1 aromatic rings. The third-order valence-corrected chi connectivity index (χ3v) is 3.87. The van der Waals surface area contributed by atoms with Crippen molar-refractivity contribution in [2.24, 2.45) is 5.92 Å². The Morgan fingerprint density at radius 2 is 1.87 bits per heavy atom. The fourth-order valence-corrected chi connectivity index (χ4v) is 2.81. The van der Waals surface area contributed by atoms with E-state index < -0.39 is 25.2 Å². The van der Waals surface area contributed by atoms with Crippen LogP contribution < -0.4 is 5.09 Å². The number of ketones is 2. The number of carbonyl (C=O) groups is 2. The highest BCUT2D eigenvalue weighted by Crippen LogP contribution is 2.33. The van der Waals surface area contributed by atoms with Gasteiger partial charge < -0.3 is 14.9 Å². The van der Waals surface area contributed by atoms with E-state index >= 15 is 0 Å². The smallest absolute Gasteiger partial charge is 0.427 e. The Morgan fingerprint density at radius 1 is 1.22 bits per heavy atom. The highest BCUT2D eigenvalue weighted by atomic mass is 31.2. The van der Waals surface area contributed by atoms with Crippen molar-refractivity contribution in [1.82, 2.24) is 5.09 Å². The van der Waals surface area contributed by atoms with Crippen LogP contribution in [0.3, 0.4) is 0 Å². The maximum absolute atomic E-state index is 12.3. The first-order valence-electron chi connectivity index (χ1n) is 6.83. The first kappa shape index (κ1) is 17.1. The molecule has 23 heavy (non-hydrogen) atoms. The van der Waals surface area contributed by atoms with Crippen LogP contribution in [0.4, 0.5) is 0 Å². The van der Waals surface area contributed by atoms with Crippen LogP contribution in [0.25, 0.3) is 0 Å². The molecule has 0 bridgehead atoms. The van der Waals surface area contributed by atoms with Crippen molar-refractivity contribution in [2.45, 2.75) is 12.8 Å². The molecule has 0 saturated heterocycles. The van der Waals surface area contributed by atoms with Gasteiger partial charge in [-0.15, -0.1) is 0 Å². The molecule has 2 rings (SSSR count). The number of hydrogen-bond donors (Lipinski definition) is 4. The number of phenolic OH excluding ortho intramolecular Hbond substituents is 1. The van der Waals surface area contributed by atoms with Gasteiger partial charge in [0.2, 0.25) is 0 Å². The quantitative estimate of drug-likeness (QED) is 0.454. The van der Waals surface area contributed by atoms with E-state index in [9.17, 15) is 19.3 Å². The number of allylic oxidation sites excluding steroid dienone is 4. The molecule has 0 fully saturated rings. The van der Waals surface area contributed by atoms with E-state index in [0.29, 0.717) is 6.42 Å². The number of hydrogen-bond acceptors (Lipinski definition) is 4. The van der Waals surface area contributed by atoms with Crippen molar-refractivity contribution in [1.29, 1.82) is 0 Å². The standard InChI is InChI=1S/C15H16NO6P/c17-11-7-4-10(5-8-11)6-9-14(19)15-12(16-23(20,21)22)2-1-3-13(15)18/h1-5,7-8,15,17H,6,9H2,(H3,16,20,21,22). The fourth-order valence-electron chi connectivity index (χ4n) is 2.27. The highest BCUT2D eigenvalue weighted by Gasteiger charge is 2.32. The van der Waals surface area contributed by atoms with E-state index in [1.54, 1.807) is 12.1 Å². The molecule has 7 nitrogen and oxygen atoms in total. The van der Waals surface area contributed by atoms with Crippen molar-refractivity contribution in [2.75, 3.05) is 0 Å². The average Bonchev–Trinajstić information content (AvgIpc) is 2.45. The zero-order chi connectivity index (χ0) is 17.0. The summed E-state index contributed by atoms with van der Waals surface area (Å²) >= 11 is 0. The Hall–Kier alpha value is -2.21. The van der Waals surface area contributed by atoms with Crippen LogP contribution in [0.1, 0.15) is 12.0 Å². The molecule has 1 atom stereocenters. The van der Waals surface area contributed by atoms with Gasteiger partial charge in [-0.3, -0.25) is 14.7 Å². The number of nitrogens with one attached hydrogen (secondary N) is 1.